The molecule has 0 aliphatic carbocycles. The van der Waals surface area contributed by atoms with Crippen LogP contribution in [0, 0.1) is 5.41 Å². The average molecular weight is 300 g/mol. The highest BCUT2D eigenvalue weighted by atomic mass is 19.3. The highest BCUT2D eigenvalue weighted by Crippen LogP contribution is 2.27. The van der Waals surface area contributed by atoms with Crippen molar-refractivity contribution >= 4 is 0 Å². The van der Waals surface area contributed by atoms with Crippen LogP contribution in [0.4, 0.5) is 8.78 Å². The van der Waals surface area contributed by atoms with E-state index in [9.17, 15) is 8.78 Å². The summed E-state index contributed by atoms with van der Waals surface area (Å²) in [4.78, 5) is 2.29. The number of benzene rings is 1. The Hall–Kier alpha value is -1.20. The molecule has 0 aliphatic rings. The van der Waals surface area contributed by atoms with Crippen LogP contribution in [-0.2, 0) is 0 Å². The van der Waals surface area contributed by atoms with Crippen molar-refractivity contribution in [3.05, 3.63) is 29.8 Å². The van der Waals surface area contributed by atoms with Crippen LogP contribution in [0.25, 0.3) is 0 Å². The molecule has 1 unspecified atom stereocenters. The van der Waals surface area contributed by atoms with Gasteiger partial charge in [0, 0.05) is 12.6 Å². The van der Waals surface area contributed by atoms with E-state index < -0.39 is 6.61 Å². The van der Waals surface area contributed by atoms with Crippen LogP contribution in [0.3, 0.4) is 0 Å². The molecule has 0 aliphatic heterocycles. The predicted octanol–water partition coefficient (Wildman–Crippen LogP) is 3.66. The molecule has 0 fully saturated rings. The molecule has 0 saturated heterocycles. The van der Waals surface area contributed by atoms with Crippen LogP contribution in [-0.4, -0.2) is 31.1 Å². The lowest BCUT2D eigenvalue weighted by atomic mass is 9.92. The zero-order chi connectivity index (χ0) is 16.0. The Labute approximate surface area is 126 Å². The summed E-state index contributed by atoms with van der Waals surface area (Å²) in [6.45, 7) is 7.92. The van der Waals surface area contributed by atoms with Crippen molar-refractivity contribution in [1.82, 2.24) is 4.90 Å². The lowest BCUT2D eigenvalue weighted by molar-refractivity contribution is -0.0499. The van der Waals surface area contributed by atoms with Crippen molar-refractivity contribution in [3.63, 3.8) is 0 Å². The van der Waals surface area contributed by atoms with Gasteiger partial charge in [-0.1, -0.05) is 32.9 Å². The number of nitrogens with zero attached hydrogens (tertiary/aromatic N) is 1. The highest BCUT2D eigenvalue weighted by Gasteiger charge is 2.23. The summed E-state index contributed by atoms with van der Waals surface area (Å²) in [5.74, 6) is 0.198. The molecular formula is C16H26F2N2O. The molecule has 0 heterocycles. The third kappa shape index (κ3) is 5.59. The van der Waals surface area contributed by atoms with Crippen molar-refractivity contribution in [2.24, 2.45) is 11.1 Å². The Balaban J connectivity index is 2.87. The van der Waals surface area contributed by atoms with Gasteiger partial charge in [-0.05, 0) is 43.1 Å². The first kappa shape index (κ1) is 17.9. The summed E-state index contributed by atoms with van der Waals surface area (Å²) in [6.07, 6.45) is 0. The first-order chi connectivity index (χ1) is 9.79. The third-order valence-corrected chi connectivity index (χ3v) is 3.70. The van der Waals surface area contributed by atoms with Gasteiger partial charge >= 0.3 is 6.61 Å². The molecule has 120 valence electrons. The second kappa shape index (κ2) is 7.71. The fraction of sp³-hybridized carbons (Fsp3) is 0.625. The summed E-state index contributed by atoms with van der Waals surface area (Å²) in [5, 5.41) is 0. The third-order valence-electron chi connectivity index (χ3n) is 3.70. The van der Waals surface area contributed by atoms with E-state index in [1.807, 2.05) is 6.07 Å². The molecule has 5 heteroatoms. The monoisotopic (exact) mass is 300 g/mol. The second-order valence-electron chi connectivity index (χ2n) is 6.06. The fourth-order valence-electron chi connectivity index (χ4n) is 2.30. The molecule has 0 radical (unpaired) electrons. The van der Waals surface area contributed by atoms with Crippen LogP contribution in [0.2, 0.25) is 0 Å². The predicted molar refractivity (Wildman–Crippen MR) is 81.6 cm³/mol. The van der Waals surface area contributed by atoms with Crippen molar-refractivity contribution in [3.8, 4) is 5.75 Å². The maximum Gasteiger partial charge on any atom is 0.387 e. The van der Waals surface area contributed by atoms with Gasteiger partial charge in [0.15, 0.2) is 0 Å². The molecule has 2 N–H and O–H groups in total. The molecule has 0 saturated carbocycles. The van der Waals surface area contributed by atoms with Crippen molar-refractivity contribution < 1.29 is 13.5 Å². The normalized spacial score (nSPS) is 13.8. The van der Waals surface area contributed by atoms with E-state index in [4.69, 9.17) is 5.73 Å². The molecule has 21 heavy (non-hydrogen) atoms. The van der Waals surface area contributed by atoms with E-state index in [0.717, 1.165) is 18.7 Å². The molecule has 1 atom stereocenters. The molecule has 1 aromatic rings. The van der Waals surface area contributed by atoms with Crippen molar-refractivity contribution in [1.29, 1.82) is 0 Å². The molecule has 0 spiro atoms. The number of alkyl halides is 2. The first-order valence-corrected chi connectivity index (χ1v) is 7.28. The molecule has 3 nitrogen and oxygen atoms in total. The van der Waals surface area contributed by atoms with Crippen molar-refractivity contribution in [2.45, 2.75) is 40.3 Å². The molecular weight excluding hydrogens is 274 g/mol. The second-order valence-corrected chi connectivity index (χ2v) is 6.06. The van der Waals surface area contributed by atoms with Gasteiger partial charge in [0.2, 0.25) is 0 Å². The Bertz CT molecular complexity index is 438. The number of rotatable bonds is 8. The van der Waals surface area contributed by atoms with Crippen LogP contribution in [0.15, 0.2) is 24.3 Å². The molecule has 0 amide bonds. The zero-order valence-corrected chi connectivity index (χ0v) is 13.3. The summed E-state index contributed by atoms with van der Waals surface area (Å²) in [5.41, 5.74) is 6.77. The maximum absolute atomic E-state index is 12.3. The Kier molecular flexibility index (Phi) is 6.55. The van der Waals surface area contributed by atoms with Gasteiger partial charge in [-0.3, -0.25) is 4.90 Å². The number of halogens is 2. The smallest absolute Gasteiger partial charge is 0.387 e. The number of hydrogen-bond donors (Lipinski definition) is 1. The Morgan fingerprint density at radius 3 is 2.52 bits per heavy atom. The highest BCUT2D eigenvalue weighted by molar-refractivity contribution is 5.30. The van der Waals surface area contributed by atoms with Crippen molar-refractivity contribution in [2.75, 3.05) is 19.6 Å². The van der Waals surface area contributed by atoms with E-state index >= 15 is 0 Å². The van der Waals surface area contributed by atoms with Gasteiger partial charge in [0.1, 0.15) is 5.75 Å². The van der Waals surface area contributed by atoms with Crippen LogP contribution >= 0.6 is 0 Å². The zero-order valence-electron chi connectivity index (χ0n) is 13.3. The van der Waals surface area contributed by atoms with E-state index in [0.29, 0.717) is 6.54 Å². The maximum atomic E-state index is 12.3. The minimum Gasteiger partial charge on any atom is -0.435 e. The summed E-state index contributed by atoms with van der Waals surface area (Å²) < 4.78 is 29.1. The lowest BCUT2D eigenvalue weighted by Gasteiger charge is -2.35. The van der Waals surface area contributed by atoms with Gasteiger partial charge in [0.25, 0.3) is 0 Å². The van der Waals surface area contributed by atoms with Gasteiger partial charge in [-0.25, -0.2) is 0 Å². The van der Waals surface area contributed by atoms with E-state index in [1.165, 1.54) is 0 Å². The van der Waals surface area contributed by atoms with Crippen LogP contribution in [0.1, 0.15) is 39.3 Å². The molecule has 1 aromatic carbocycles. The average Bonchev–Trinajstić information content (AvgIpc) is 2.43. The topological polar surface area (TPSA) is 38.5 Å². The quantitative estimate of drug-likeness (QED) is 0.796. The van der Waals surface area contributed by atoms with Crippen LogP contribution < -0.4 is 10.5 Å². The van der Waals surface area contributed by atoms with E-state index in [1.54, 1.807) is 18.2 Å². The summed E-state index contributed by atoms with van der Waals surface area (Å²) in [7, 11) is 0. The van der Waals surface area contributed by atoms with Gasteiger partial charge < -0.3 is 10.5 Å². The lowest BCUT2D eigenvalue weighted by Crippen LogP contribution is -2.39. The van der Waals surface area contributed by atoms with E-state index in [2.05, 4.69) is 37.3 Å². The SMILES string of the molecule is CCN(CC(C)(C)CN)C(C)c1cccc(OC(F)F)c1. The molecule has 0 bridgehead atoms. The van der Waals surface area contributed by atoms with Gasteiger partial charge in [-0.15, -0.1) is 0 Å². The number of ether oxygens (including phenoxy) is 1. The fourth-order valence-corrected chi connectivity index (χ4v) is 2.30. The Morgan fingerprint density at radius 2 is 2.00 bits per heavy atom. The minimum absolute atomic E-state index is 0.0152. The molecule has 0 aromatic heterocycles. The summed E-state index contributed by atoms with van der Waals surface area (Å²) >= 11 is 0. The number of hydrogen-bond acceptors (Lipinski definition) is 3. The molecule has 1 rings (SSSR count). The van der Waals surface area contributed by atoms with E-state index in [-0.39, 0.29) is 17.2 Å². The van der Waals surface area contributed by atoms with Gasteiger partial charge in [0.05, 0.1) is 0 Å². The minimum atomic E-state index is -2.80. The van der Waals surface area contributed by atoms with Crippen LogP contribution in [0.5, 0.6) is 5.75 Å². The van der Waals surface area contributed by atoms with Gasteiger partial charge in [-0.2, -0.15) is 8.78 Å². The standard InChI is InChI=1S/C16H26F2N2O/c1-5-20(11-16(3,4)10-19)12(2)13-7-6-8-14(9-13)21-15(17)18/h6-9,12,15H,5,10-11,19H2,1-4H3. The number of nitrogens with two attached hydrogens (primary N) is 1. The first-order valence-electron chi connectivity index (χ1n) is 7.28. The Morgan fingerprint density at radius 1 is 1.33 bits per heavy atom. The largest absolute Gasteiger partial charge is 0.435 e. The summed E-state index contributed by atoms with van der Waals surface area (Å²) in [6, 6.07) is 7.01.